The predicted molar refractivity (Wildman–Crippen MR) is 76.6 cm³/mol. The van der Waals surface area contributed by atoms with Crippen molar-refractivity contribution in [2.45, 2.75) is 13.5 Å². The third-order valence-electron chi connectivity index (χ3n) is 2.66. The molecule has 0 aliphatic rings. The highest BCUT2D eigenvalue weighted by Crippen LogP contribution is 2.03. The van der Waals surface area contributed by atoms with E-state index in [4.69, 9.17) is 0 Å². The van der Waals surface area contributed by atoms with Gasteiger partial charge in [-0.3, -0.25) is 4.21 Å². The van der Waals surface area contributed by atoms with Crippen molar-refractivity contribution in [2.75, 3.05) is 18.1 Å². The van der Waals surface area contributed by atoms with Crippen LogP contribution in [-0.4, -0.2) is 37.3 Å². The Kier molecular flexibility index (Phi) is 5.23. The number of nitrogens with one attached hydrogen (secondary N) is 1. The summed E-state index contributed by atoms with van der Waals surface area (Å²) in [4.78, 5) is 1.61. The van der Waals surface area contributed by atoms with Gasteiger partial charge in [-0.2, -0.15) is 15.0 Å². The molecule has 0 bridgehead atoms. The minimum atomic E-state index is -0.713. The van der Waals surface area contributed by atoms with Crippen LogP contribution in [0.3, 0.4) is 0 Å². The molecule has 2 aromatic rings. The van der Waals surface area contributed by atoms with Crippen molar-refractivity contribution in [3.8, 4) is 5.69 Å². The fourth-order valence-corrected chi connectivity index (χ4v) is 2.27. The molecule has 0 fully saturated rings. The molecule has 0 radical (unpaired) electrons. The lowest BCUT2D eigenvalue weighted by Crippen LogP contribution is -2.21. The normalized spacial score (nSPS) is 12.5. The number of para-hydroxylation sites is 1. The molecule has 1 aromatic heterocycles. The SMILES string of the molecule is CCS(=O)CCNCc1cnn(-c2ccccc2)n1. The van der Waals surface area contributed by atoms with E-state index >= 15 is 0 Å². The van der Waals surface area contributed by atoms with Crippen molar-refractivity contribution in [3.05, 3.63) is 42.2 Å². The van der Waals surface area contributed by atoms with E-state index in [1.165, 1.54) is 0 Å². The molecule has 1 unspecified atom stereocenters. The van der Waals surface area contributed by atoms with Crippen molar-refractivity contribution in [1.82, 2.24) is 20.3 Å². The molecule has 19 heavy (non-hydrogen) atoms. The highest BCUT2D eigenvalue weighted by atomic mass is 32.2. The highest BCUT2D eigenvalue weighted by Gasteiger charge is 2.02. The van der Waals surface area contributed by atoms with Crippen LogP contribution in [0.2, 0.25) is 0 Å². The van der Waals surface area contributed by atoms with Gasteiger partial charge < -0.3 is 5.32 Å². The Hall–Kier alpha value is -1.53. The molecular weight excluding hydrogens is 260 g/mol. The summed E-state index contributed by atoms with van der Waals surface area (Å²) in [6.07, 6.45) is 1.75. The predicted octanol–water partition coefficient (Wildman–Crippen LogP) is 1.13. The van der Waals surface area contributed by atoms with Gasteiger partial charge in [-0.15, -0.1) is 0 Å². The number of hydrogen-bond acceptors (Lipinski definition) is 4. The van der Waals surface area contributed by atoms with Crippen molar-refractivity contribution >= 4 is 10.8 Å². The Labute approximate surface area is 115 Å². The number of hydrogen-bond donors (Lipinski definition) is 1. The van der Waals surface area contributed by atoms with E-state index in [0.29, 0.717) is 18.1 Å². The molecule has 1 aromatic carbocycles. The van der Waals surface area contributed by atoms with E-state index in [-0.39, 0.29) is 0 Å². The third kappa shape index (κ3) is 4.25. The summed E-state index contributed by atoms with van der Waals surface area (Å²) in [6.45, 7) is 3.31. The maximum Gasteiger partial charge on any atom is 0.0969 e. The van der Waals surface area contributed by atoms with Gasteiger partial charge in [0.2, 0.25) is 0 Å². The minimum Gasteiger partial charge on any atom is -0.310 e. The molecule has 2 rings (SSSR count). The molecular formula is C13H18N4OS. The molecule has 0 saturated heterocycles. The zero-order chi connectivity index (χ0) is 13.5. The molecule has 1 heterocycles. The maximum atomic E-state index is 11.3. The first-order valence-electron chi connectivity index (χ1n) is 6.32. The third-order valence-corrected chi connectivity index (χ3v) is 3.96. The van der Waals surface area contributed by atoms with Gasteiger partial charge >= 0.3 is 0 Å². The lowest BCUT2D eigenvalue weighted by molar-refractivity contribution is 0.665. The van der Waals surface area contributed by atoms with Gasteiger partial charge in [0.1, 0.15) is 0 Å². The molecule has 0 amide bonds. The van der Waals surface area contributed by atoms with E-state index in [1.54, 1.807) is 11.0 Å². The summed E-state index contributed by atoms with van der Waals surface area (Å²) in [5.74, 6) is 1.40. The van der Waals surface area contributed by atoms with E-state index < -0.39 is 10.8 Å². The molecule has 102 valence electrons. The second kappa shape index (κ2) is 7.16. The van der Waals surface area contributed by atoms with Gasteiger partial charge in [0, 0.05) is 35.4 Å². The van der Waals surface area contributed by atoms with Crippen LogP contribution in [0.15, 0.2) is 36.5 Å². The Morgan fingerprint density at radius 3 is 2.84 bits per heavy atom. The van der Waals surface area contributed by atoms with E-state index in [1.807, 2.05) is 37.3 Å². The second-order valence-electron chi connectivity index (χ2n) is 4.07. The van der Waals surface area contributed by atoms with Gasteiger partial charge in [-0.25, -0.2) is 0 Å². The fourth-order valence-electron chi connectivity index (χ4n) is 1.61. The van der Waals surface area contributed by atoms with Crippen LogP contribution >= 0.6 is 0 Å². The first-order chi connectivity index (χ1) is 9.29. The maximum absolute atomic E-state index is 11.3. The first-order valence-corrected chi connectivity index (χ1v) is 7.80. The monoisotopic (exact) mass is 278 g/mol. The second-order valence-corrected chi connectivity index (χ2v) is 5.94. The van der Waals surface area contributed by atoms with Crippen molar-refractivity contribution in [2.24, 2.45) is 0 Å². The smallest absolute Gasteiger partial charge is 0.0969 e. The summed E-state index contributed by atoms with van der Waals surface area (Å²) in [5.41, 5.74) is 1.83. The van der Waals surface area contributed by atoms with Crippen molar-refractivity contribution in [1.29, 1.82) is 0 Å². The van der Waals surface area contributed by atoms with Gasteiger partial charge in [-0.1, -0.05) is 25.1 Å². The Bertz CT molecular complexity index is 526. The van der Waals surface area contributed by atoms with Crippen LogP contribution in [0.4, 0.5) is 0 Å². The molecule has 0 saturated carbocycles. The highest BCUT2D eigenvalue weighted by molar-refractivity contribution is 7.84. The number of aromatic nitrogens is 3. The quantitative estimate of drug-likeness (QED) is 0.771. The largest absolute Gasteiger partial charge is 0.310 e. The zero-order valence-corrected chi connectivity index (χ0v) is 11.8. The lowest BCUT2D eigenvalue weighted by Gasteiger charge is -2.01. The molecule has 0 aliphatic heterocycles. The molecule has 0 spiro atoms. The summed E-state index contributed by atoms with van der Waals surface area (Å²) in [6, 6.07) is 9.79. The fraction of sp³-hybridized carbons (Fsp3) is 0.385. The average Bonchev–Trinajstić information content (AvgIpc) is 2.93. The van der Waals surface area contributed by atoms with Crippen LogP contribution in [0.25, 0.3) is 5.69 Å². The van der Waals surface area contributed by atoms with Gasteiger partial charge in [0.25, 0.3) is 0 Å². The Morgan fingerprint density at radius 1 is 1.32 bits per heavy atom. The first kappa shape index (κ1) is 13.9. The van der Waals surface area contributed by atoms with Crippen LogP contribution < -0.4 is 5.32 Å². The summed E-state index contributed by atoms with van der Waals surface area (Å²) in [5, 5.41) is 11.8. The molecule has 1 atom stereocenters. The van der Waals surface area contributed by atoms with E-state index in [0.717, 1.165) is 17.9 Å². The Balaban J connectivity index is 1.83. The topological polar surface area (TPSA) is 59.8 Å². The van der Waals surface area contributed by atoms with Crippen molar-refractivity contribution in [3.63, 3.8) is 0 Å². The number of rotatable bonds is 7. The molecule has 1 N–H and O–H groups in total. The number of nitrogens with zero attached hydrogens (tertiary/aromatic N) is 3. The van der Waals surface area contributed by atoms with Crippen LogP contribution in [0.5, 0.6) is 0 Å². The zero-order valence-electron chi connectivity index (χ0n) is 11.0. The molecule has 5 nitrogen and oxygen atoms in total. The van der Waals surface area contributed by atoms with Gasteiger partial charge in [0.05, 0.1) is 17.6 Å². The summed E-state index contributed by atoms with van der Waals surface area (Å²) < 4.78 is 11.3. The molecule has 0 aliphatic carbocycles. The minimum absolute atomic E-state index is 0.647. The lowest BCUT2D eigenvalue weighted by atomic mass is 10.3. The average molecular weight is 278 g/mol. The summed E-state index contributed by atoms with van der Waals surface area (Å²) in [7, 11) is -0.713. The van der Waals surface area contributed by atoms with Gasteiger partial charge in [0.15, 0.2) is 0 Å². The van der Waals surface area contributed by atoms with Crippen LogP contribution in [-0.2, 0) is 17.3 Å². The van der Waals surface area contributed by atoms with E-state index in [9.17, 15) is 4.21 Å². The van der Waals surface area contributed by atoms with Gasteiger partial charge in [-0.05, 0) is 12.1 Å². The van der Waals surface area contributed by atoms with Crippen LogP contribution in [0.1, 0.15) is 12.6 Å². The standard InChI is InChI=1S/C13H18N4OS/c1-2-19(18)9-8-14-10-12-11-15-17(16-12)13-6-4-3-5-7-13/h3-7,11,14H,2,8-10H2,1H3. The number of benzene rings is 1. The summed E-state index contributed by atoms with van der Waals surface area (Å²) >= 11 is 0. The van der Waals surface area contributed by atoms with Crippen molar-refractivity contribution < 1.29 is 4.21 Å². The van der Waals surface area contributed by atoms with E-state index in [2.05, 4.69) is 15.5 Å². The Morgan fingerprint density at radius 2 is 2.11 bits per heavy atom. The molecule has 6 heteroatoms. The van der Waals surface area contributed by atoms with Crippen LogP contribution in [0, 0.1) is 0 Å².